The molecule has 0 spiro atoms. The van der Waals surface area contributed by atoms with E-state index in [9.17, 15) is 0 Å². The molecule has 0 saturated carbocycles. The van der Waals surface area contributed by atoms with Crippen molar-refractivity contribution in [3.05, 3.63) is 97.1 Å². The van der Waals surface area contributed by atoms with Crippen molar-refractivity contribution in [2.45, 2.75) is 38.9 Å². The van der Waals surface area contributed by atoms with Gasteiger partial charge in [0.25, 0.3) is 0 Å². The van der Waals surface area contributed by atoms with Crippen LogP contribution in [-0.2, 0) is 9.31 Å². The van der Waals surface area contributed by atoms with Crippen molar-refractivity contribution in [3.8, 4) is 0 Å². The molecule has 0 unspecified atom stereocenters. The van der Waals surface area contributed by atoms with Crippen molar-refractivity contribution in [1.29, 1.82) is 0 Å². The van der Waals surface area contributed by atoms with Gasteiger partial charge in [-0.15, -0.1) is 0 Å². The average molecular weight is 461 g/mol. The summed E-state index contributed by atoms with van der Waals surface area (Å²) >= 11 is 0. The molecule has 0 N–H and O–H groups in total. The van der Waals surface area contributed by atoms with E-state index in [-0.39, 0.29) is 0 Å². The fraction of sp³-hybridized carbons (Fsp3) is 0.200. The molecule has 0 aliphatic carbocycles. The predicted molar refractivity (Wildman–Crippen MR) is 144 cm³/mol. The molecule has 2 heterocycles. The Morgan fingerprint density at radius 1 is 0.600 bits per heavy atom. The van der Waals surface area contributed by atoms with Gasteiger partial charge >= 0.3 is 7.12 Å². The first-order valence-electron chi connectivity index (χ1n) is 12.1. The number of rotatable bonds is 4. The third kappa shape index (κ3) is 3.63. The Kier molecular flexibility index (Phi) is 5.03. The second kappa shape index (κ2) is 8.01. The zero-order valence-electron chi connectivity index (χ0n) is 20.5. The van der Waals surface area contributed by atoms with Crippen LogP contribution in [0.2, 0.25) is 0 Å². The molecule has 5 aromatic rings. The summed E-state index contributed by atoms with van der Waals surface area (Å²) in [5.41, 5.74) is 4.81. The van der Waals surface area contributed by atoms with Gasteiger partial charge < -0.3 is 18.6 Å². The van der Waals surface area contributed by atoms with Crippen LogP contribution in [0.15, 0.2) is 101 Å². The average Bonchev–Trinajstić information content (AvgIpc) is 3.33. The molecule has 0 radical (unpaired) electrons. The lowest BCUT2D eigenvalue weighted by atomic mass is 9.77. The Morgan fingerprint density at radius 2 is 1.14 bits per heavy atom. The maximum atomic E-state index is 6.50. The van der Waals surface area contributed by atoms with E-state index in [1.165, 1.54) is 0 Å². The van der Waals surface area contributed by atoms with Crippen LogP contribution in [-0.4, -0.2) is 18.3 Å². The molecule has 174 valence electrons. The number of benzene rings is 4. The number of furan rings is 1. The molecule has 1 aromatic heterocycles. The first-order valence-corrected chi connectivity index (χ1v) is 12.1. The number of anilines is 3. The van der Waals surface area contributed by atoms with Crippen LogP contribution in [0.3, 0.4) is 0 Å². The predicted octanol–water partition coefficient (Wildman–Crippen LogP) is 7.36. The maximum absolute atomic E-state index is 6.50. The zero-order chi connectivity index (χ0) is 24.2. The number of nitrogens with zero attached hydrogens (tertiary/aromatic N) is 1. The van der Waals surface area contributed by atoms with Crippen molar-refractivity contribution in [2.24, 2.45) is 0 Å². The summed E-state index contributed by atoms with van der Waals surface area (Å²) < 4.78 is 19.4. The molecule has 0 atom stereocenters. The van der Waals surface area contributed by atoms with E-state index in [1.54, 1.807) is 0 Å². The highest BCUT2D eigenvalue weighted by Gasteiger charge is 2.52. The van der Waals surface area contributed by atoms with Crippen LogP contribution in [0.4, 0.5) is 17.1 Å². The number of fused-ring (bicyclic) bond motifs is 3. The quantitative estimate of drug-likeness (QED) is 0.262. The van der Waals surface area contributed by atoms with Gasteiger partial charge in [-0.05, 0) is 70.2 Å². The molecule has 0 amide bonds. The normalized spacial score (nSPS) is 16.7. The number of hydrogen-bond donors (Lipinski definition) is 0. The van der Waals surface area contributed by atoms with Crippen molar-refractivity contribution < 1.29 is 13.7 Å². The minimum Gasteiger partial charge on any atom is -0.456 e. The molecular formula is C30H28BNO3. The molecule has 1 aliphatic rings. The van der Waals surface area contributed by atoms with Crippen LogP contribution in [0.25, 0.3) is 21.9 Å². The SMILES string of the molecule is CC1(C)OB(c2cc(N(c3ccccc3)c3ccccc3)cc3c2oc2ccccc23)OC1(C)C. The number of hydrogen-bond acceptors (Lipinski definition) is 4. The third-order valence-corrected chi connectivity index (χ3v) is 7.29. The first-order chi connectivity index (χ1) is 16.8. The van der Waals surface area contributed by atoms with E-state index in [0.717, 1.165) is 44.5 Å². The lowest BCUT2D eigenvalue weighted by Gasteiger charge is -2.32. The molecule has 1 fully saturated rings. The van der Waals surface area contributed by atoms with Gasteiger partial charge in [-0.3, -0.25) is 0 Å². The summed E-state index contributed by atoms with van der Waals surface area (Å²) in [5.74, 6) is 0. The van der Waals surface area contributed by atoms with Crippen molar-refractivity contribution in [1.82, 2.24) is 0 Å². The van der Waals surface area contributed by atoms with Gasteiger partial charge in [-0.25, -0.2) is 0 Å². The van der Waals surface area contributed by atoms with Gasteiger partial charge in [0.2, 0.25) is 0 Å². The maximum Gasteiger partial charge on any atom is 0.498 e. The Labute approximate surface area is 206 Å². The summed E-state index contributed by atoms with van der Waals surface area (Å²) in [4.78, 5) is 2.26. The van der Waals surface area contributed by atoms with Gasteiger partial charge in [0.05, 0.1) is 11.2 Å². The zero-order valence-corrected chi connectivity index (χ0v) is 20.5. The Hall–Kier alpha value is -3.54. The van der Waals surface area contributed by atoms with Crippen molar-refractivity contribution in [3.63, 3.8) is 0 Å². The van der Waals surface area contributed by atoms with E-state index in [2.05, 4.69) is 99.3 Å². The van der Waals surface area contributed by atoms with E-state index >= 15 is 0 Å². The lowest BCUT2D eigenvalue weighted by Crippen LogP contribution is -2.41. The molecule has 5 heteroatoms. The minimum absolute atomic E-state index is 0.454. The molecular weight excluding hydrogens is 433 g/mol. The topological polar surface area (TPSA) is 34.8 Å². The standard InChI is InChI=1S/C30H28BNO3/c1-29(2)30(3,4)35-31(34-29)26-20-23(19-25-24-17-11-12-18-27(24)33-28(25)26)32(21-13-7-5-8-14-21)22-15-9-6-10-16-22/h5-20H,1-4H3. The lowest BCUT2D eigenvalue weighted by molar-refractivity contribution is 0.00578. The Bertz CT molecular complexity index is 1450. The molecule has 1 saturated heterocycles. The fourth-order valence-electron chi connectivity index (χ4n) is 4.71. The van der Waals surface area contributed by atoms with Crippen molar-refractivity contribution >= 4 is 51.6 Å². The van der Waals surface area contributed by atoms with E-state index < -0.39 is 18.3 Å². The summed E-state index contributed by atoms with van der Waals surface area (Å²) in [6.45, 7) is 8.31. The smallest absolute Gasteiger partial charge is 0.456 e. The van der Waals surface area contributed by atoms with Gasteiger partial charge in [-0.1, -0.05) is 54.6 Å². The summed E-state index contributed by atoms with van der Waals surface area (Å²) in [7, 11) is -0.545. The van der Waals surface area contributed by atoms with Crippen LogP contribution < -0.4 is 10.4 Å². The highest BCUT2D eigenvalue weighted by atomic mass is 16.7. The molecule has 0 bridgehead atoms. The van der Waals surface area contributed by atoms with Gasteiger partial charge in [0.15, 0.2) is 0 Å². The fourth-order valence-corrected chi connectivity index (χ4v) is 4.71. The van der Waals surface area contributed by atoms with E-state index in [0.29, 0.717) is 0 Å². The minimum atomic E-state index is -0.545. The van der Waals surface area contributed by atoms with E-state index in [1.807, 2.05) is 30.3 Å². The molecule has 4 nitrogen and oxygen atoms in total. The summed E-state index contributed by atoms with van der Waals surface area (Å²) in [5, 5.41) is 2.11. The van der Waals surface area contributed by atoms with Crippen molar-refractivity contribution in [2.75, 3.05) is 4.90 Å². The van der Waals surface area contributed by atoms with E-state index in [4.69, 9.17) is 13.7 Å². The third-order valence-electron chi connectivity index (χ3n) is 7.29. The largest absolute Gasteiger partial charge is 0.498 e. The Balaban J connectivity index is 1.62. The molecule has 4 aromatic carbocycles. The van der Waals surface area contributed by atoms with Gasteiger partial charge in [-0.2, -0.15) is 0 Å². The van der Waals surface area contributed by atoms with Crippen LogP contribution in [0.5, 0.6) is 0 Å². The second-order valence-corrected chi connectivity index (χ2v) is 10.1. The number of para-hydroxylation sites is 3. The van der Waals surface area contributed by atoms with Gasteiger partial charge in [0, 0.05) is 33.3 Å². The highest BCUT2D eigenvalue weighted by molar-refractivity contribution is 6.65. The Morgan fingerprint density at radius 3 is 1.74 bits per heavy atom. The summed E-state index contributed by atoms with van der Waals surface area (Å²) in [6, 6.07) is 33.3. The van der Waals surface area contributed by atoms with Crippen LogP contribution in [0.1, 0.15) is 27.7 Å². The molecule has 35 heavy (non-hydrogen) atoms. The molecule has 1 aliphatic heterocycles. The molecule has 6 rings (SSSR count). The highest BCUT2D eigenvalue weighted by Crippen LogP contribution is 2.41. The van der Waals surface area contributed by atoms with Gasteiger partial charge in [0.1, 0.15) is 11.2 Å². The van der Waals surface area contributed by atoms with Crippen LogP contribution in [0, 0.1) is 0 Å². The first kappa shape index (κ1) is 22.0. The monoisotopic (exact) mass is 461 g/mol. The second-order valence-electron chi connectivity index (χ2n) is 10.1. The summed E-state index contributed by atoms with van der Waals surface area (Å²) in [6.07, 6.45) is 0. The van der Waals surface area contributed by atoms with Crippen LogP contribution >= 0.6 is 0 Å².